The summed E-state index contributed by atoms with van der Waals surface area (Å²) in [7, 11) is 0. The van der Waals surface area contributed by atoms with Crippen LogP contribution >= 0.6 is 0 Å². The maximum absolute atomic E-state index is 4.12. The van der Waals surface area contributed by atoms with Crippen molar-refractivity contribution in [1.29, 1.82) is 0 Å². The van der Waals surface area contributed by atoms with Crippen LogP contribution in [0.4, 0.5) is 0 Å². The fourth-order valence-corrected chi connectivity index (χ4v) is 0.904. The summed E-state index contributed by atoms with van der Waals surface area (Å²) in [6, 6.07) is 7.66. The molecule has 2 heteroatoms. The molecule has 118 valence electrons. The van der Waals surface area contributed by atoms with Crippen molar-refractivity contribution in [3.8, 4) is 0 Å². The average Bonchev–Trinajstić information content (AvgIpc) is 2.64. The molecular formula is C18H36N2. The normalized spacial score (nSPS) is 6.50. The van der Waals surface area contributed by atoms with Gasteiger partial charge in [0, 0.05) is 12.4 Å². The van der Waals surface area contributed by atoms with Gasteiger partial charge < -0.3 is 0 Å². The lowest BCUT2D eigenvalue weighted by atomic mass is 10.3. The molecule has 2 aromatic rings. The second-order valence-electron chi connectivity index (χ2n) is 2.05. The predicted molar refractivity (Wildman–Crippen MR) is 96.3 cm³/mol. The largest absolute Gasteiger partial charge is 0.255 e. The first-order valence-corrected chi connectivity index (χ1v) is 8.12. The maximum atomic E-state index is 4.12. The molecule has 20 heavy (non-hydrogen) atoms. The number of hydrogen-bond donors (Lipinski definition) is 0. The number of hydrogen-bond acceptors (Lipinski definition) is 2. The van der Waals surface area contributed by atoms with E-state index in [1.165, 1.54) is 0 Å². The van der Waals surface area contributed by atoms with Crippen LogP contribution in [0.5, 0.6) is 0 Å². The fraction of sp³-hybridized carbons (Fsp3) is 0.556. The third-order valence-corrected chi connectivity index (χ3v) is 1.37. The molecule has 0 N–H and O–H groups in total. The first-order valence-electron chi connectivity index (χ1n) is 8.12. The molecular weight excluding hydrogens is 244 g/mol. The van der Waals surface area contributed by atoms with Crippen LogP contribution in [-0.2, 0) is 0 Å². The van der Waals surface area contributed by atoms with E-state index in [1.807, 2.05) is 93.5 Å². The van der Waals surface area contributed by atoms with E-state index in [-0.39, 0.29) is 0 Å². The molecule has 0 unspecified atom stereocenters. The third kappa shape index (κ3) is 14.6. The highest BCUT2D eigenvalue weighted by molar-refractivity contribution is 5.72. The van der Waals surface area contributed by atoms with Crippen LogP contribution in [0.25, 0.3) is 11.0 Å². The molecule has 0 radical (unpaired) electrons. The molecule has 0 aromatic carbocycles. The molecule has 0 aliphatic heterocycles. The van der Waals surface area contributed by atoms with E-state index in [0.29, 0.717) is 0 Å². The standard InChI is InChI=1S/C8H6N2.5C2H6/c1-3-7-8(9-5-1)4-2-6-10-7;5*1-2/h1-6H;5*1-2H3. The van der Waals surface area contributed by atoms with Crippen molar-refractivity contribution in [2.45, 2.75) is 69.2 Å². The van der Waals surface area contributed by atoms with Crippen LogP contribution < -0.4 is 0 Å². The Kier molecular flexibility index (Phi) is 41.2. The van der Waals surface area contributed by atoms with Gasteiger partial charge >= 0.3 is 0 Å². The summed E-state index contributed by atoms with van der Waals surface area (Å²) in [6.45, 7) is 20.0. The van der Waals surface area contributed by atoms with Crippen molar-refractivity contribution >= 4 is 11.0 Å². The molecule has 0 bridgehead atoms. The molecule has 0 spiro atoms. The summed E-state index contributed by atoms with van der Waals surface area (Å²) in [4.78, 5) is 8.24. The summed E-state index contributed by atoms with van der Waals surface area (Å²) in [5, 5.41) is 0. The minimum absolute atomic E-state index is 0.949. The van der Waals surface area contributed by atoms with Gasteiger partial charge in [0.2, 0.25) is 0 Å². The van der Waals surface area contributed by atoms with Crippen molar-refractivity contribution in [3.63, 3.8) is 0 Å². The van der Waals surface area contributed by atoms with Gasteiger partial charge in [-0.1, -0.05) is 69.2 Å². The summed E-state index contributed by atoms with van der Waals surface area (Å²) < 4.78 is 0. The van der Waals surface area contributed by atoms with Crippen LogP contribution in [0.1, 0.15) is 69.2 Å². The lowest BCUT2D eigenvalue weighted by Crippen LogP contribution is -1.78. The Balaban J connectivity index is -0.000000110. The maximum Gasteiger partial charge on any atom is 0.0886 e. The Hall–Kier alpha value is -1.44. The van der Waals surface area contributed by atoms with Crippen LogP contribution in [0.2, 0.25) is 0 Å². The molecule has 0 amide bonds. The van der Waals surface area contributed by atoms with Crippen molar-refractivity contribution in [2.75, 3.05) is 0 Å². The van der Waals surface area contributed by atoms with Gasteiger partial charge in [0.15, 0.2) is 0 Å². The Labute approximate surface area is 127 Å². The minimum atomic E-state index is 0.949. The van der Waals surface area contributed by atoms with Gasteiger partial charge in [-0.15, -0.1) is 0 Å². The highest BCUT2D eigenvalue weighted by atomic mass is 14.7. The number of rotatable bonds is 0. The average molecular weight is 281 g/mol. The van der Waals surface area contributed by atoms with Gasteiger partial charge in [0.25, 0.3) is 0 Å². The van der Waals surface area contributed by atoms with Gasteiger partial charge in [-0.2, -0.15) is 0 Å². The van der Waals surface area contributed by atoms with E-state index in [9.17, 15) is 0 Å². The van der Waals surface area contributed by atoms with E-state index in [0.717, 1.165) is 11.0 Å². The zero-order chi connectivity index (χ0) is 16.8. The van der Waals surface area contributed by atoms with Crippen molar-refractivity contribution in [2.24, 2.45) is 0 Å². The Morgan fingerprint density at radius 3 is 1.00 bits per heavy atom. The molecule has 2 rings (SSSR count). The van der Waals surface area contributed by atoms with E-state index in [2.05, 4.69) is 9.97 Å². The highest BCUT2D eigenvalue weighted by Gasteiger charge is 1.88. The van der Waals surface area contributed by atoms with Crippen LogP contribution in [0, 0.1) is 0 Å². The number of aromatic nitrogens is 2. The SMILES string of the molecule is CC.CC.CC.CC.CC.c1cnc2cccnc2c1. The van der Waals surface area contributed by atoms with Gasteiger partial charge in [-0.25, -0.2) is 0 Å². The summed E-state index contributed by atoms with van der Waals surface area (Å²) in [5.41, 5.74) is 1.90. The minimum Gasteiger partial charge on any atom is -0.255 e. The second-order valence-corrected chi connectivity index (χ2v) is 2.05. The first kappa shape index (κ1) is 27.0. The molecule has 2 aromatic heterocycles. The topological polar surface area (TPSA) is 25.8 Å². The Morgan fingerprint density at radius 1 is 0.500 bits per heavy atom. The van der Waals surface area contributed by atoms with Crippen LogP contribution in [-0.4, -0.2) is 9.97 Å². The predicted octanol–water partition coefficient (Wildman–Crippen LogP) is 6.76. The van der Waals surface area contributed by atoms with Gasteiger partial charge in [0.1, 0.15) is 0 Å². The van der Waals surface area contributed by atoms with E-state index in [1.54, 1.807) is 12.4 Å². The highest BCUT2D eigenvalue weighted by Crippen LogP contribution is 2.04. The van der Waals surface area contributed by atoms with Gasteiger partial charge in [-0.05, 0) is 24.3 Å². The molecule has 0 fully saturated rings. The van der Waals surface area contributed by atoms with Crippen molar-refractivity contribution < 1.29 is 0 Å². The summed E-state index contributed by atoms with van der Waals surface area (Å²) >= 11 is 0. The zero-order valence-electron chi connectivity index (χ0n) is 15.4. The number of fused-ring (bicyclic) bond motifs is 1. The summed E-state index contributed by atoms with van der Waals surface area (Å²) in [6.07, 6.45) is 3.54. The zero-order valence-corrected chi connectivity index (χ0v) is 15.4. The molecule has 0 aliphatic carbocycles. The summed E-state index contributed by atoms with van der Waals surface area (Å²) in [5.74, 6) is 0. The first-order chi connectivity index (χ1) is 9.97. The lowest BCUT2D eigenvalue weighted by Gasteiger charge is -1.90. The smallest absolute Gasteiger partial charge is 0.0886 e. The van der Waals surface area contributed by atoms with Gasteiger partial charge in [0.05, 0.1) is 11.0 Å². The fourth-order valence-electron chi connectivity index (χ4n) is 0.904. The van der Waals surface area contributed by atoms with Crippen LogP contribution in [0.15, 0.2) is 36.7 Å². The molecule has 0 saturated heterocycles. The second kappa shape index (κ2) is 30.5. The van der Waals surface area contributed by atoms with Crippen molar-refractivity contribution in [3.05, 3.63) is 36.7 Å². The Morgan fingerprint density at radius 2 is 0.750 bits per heavy atom. The molecule has 0 atom stereocenters. The molecule has 0 aliphatic rings. The number of pyridine rings is 2. The van der Waals surface area contributed by atoms with E-state index in [4.69, 9.17) is 0 Å². The molecule has 2 nitrogen and oxygen atoms in total. The van der Waals surface area contributed by atoms with E-state index >= 15 is 0 Å². The molecule has 0 saturated carbocycles. The Bertz CT molecular complexity index is 280. The van der Waals surface area contributed by atoms with Gasteiger partial charge in [-0.3, -0.25) is 9.97 Å². The lowest BCUT2D eigenvalue weighted by molar-refractivity contribution is 1.34. The number of nitrogens with zero attached hydrogens (tertiary/aromatic N) is 2. The third-order valence-electron chi connectivity index (χ3n) is 1.37. The van der Waals surface area contributed by atoms with Crippen LogP contribution in [0.3, 0.4) is 0 Å². The van der Waals surface area contributed by atoms with Crippen molar-refractivity contribution in [1.82, 2.24) is 9.97 Å². The molecule has 2 heterocycles. The van der Waals surface area contributed by atoms with E-state index < -0.39 is 0 Å². The monoisotopic (exact) mass is 280 g/mol. The quantitative estimate of drug-likeness (QED) is 0.532.